The Bertz CT molecular complexity index is 981. The average molecular weight is 655 g/mol. The summed E-state index contributed by atoms with van der Waals surface area (Å²) in [6.45, 7) is 3.83. The van der Waals surface area contributed by atoms with Gasteiger partial charge in [0.2, 0.25) is 0 Å². The Labute approximate surface area is 245 Å². The molecule has 14 heteroatoms. The van der Waals surface area contributed by atoms with Crippen molar-refractivity contribution in [2.45, 2.75) is 73.2 Å². The monoisotopic (exact) mass is 654 g/mol. The van der Waals surface area contributed by atoms with Crippen LogP contribution in [0.2, 0.25) is 0 Å². The van der Waals surface area contributed by atoms with Gasteiger partial charge in [0, 0.05) is 21.3 Å². The van der Waals surface area contributed by atoms with Gasteiger partial charge in [0.15, 0.2) is 23.1 Å². The number of halogens is 8. The Morgan fingerprint density at radius 3 is 1.30 bits per heavy atom. The predicted molar refractivity (Wildman–Crippen MR) is 150 cm³/mol. The summed E-state index contributed by atoms with van der Waals surface area (Å²) in [7, 11) is 2.66. The summed E-state index contributed by atoms with van der Waals surface area (Å²) in [6.07, 6.45) is 2.80. The minimum absolute atomic E-state index is 0.0272. The number of ether oxygens (including phenoxy) is 2. The van der Waals surface area contributed by atoms with Crippen LogP contribution in [-0.4, -0.2) is 35.7 Å². The molecule has 2 aromatic rings. The van der Waals surface area contributed by atoms with Crippen molar-refractivity contribution in [3.05, 3.63) is 47.0 Å². The maximum atomic E-state index is 14.4. The number of unbranched alkanes of at least 4 members (excludes halogenated alkanes) is 4. The summed E-state index contributed by atoms with van der Waals surface area (Å²) in [5.74, 6) is -1.03. The second-order valence-corrected chi connectivity index (χ2v) is 13.2. The lowest BCUT2D eigenvalue weighted by atomic mass is 10.2. The van der Waals surface area contributed by atoms with Crippen LogP contribution in [0.1, 0.15) is 49.7 Å². The van der Waals surface area contributed by atoms with E-state index >= 15 is 0 Å². The second kappa shape index (κ2) is 17.1. The lowest BCUT2D eigenvalue weighted by Gasteiger charge is -2.13. The van der Waals surface area contributed by atoms with Gasteiger partial charge in [0.25, 0.3) is 0 Å². The maximum absolute atomic E-state index is 14.4. The first-order valence-corrected chi connectivity index (χ1v) is 16.5. The lowest BCUT2D eigenvalue weighted by molar-refractivity contribution is -0.0336. The van der Waals surface area contributed by atoms with Crippen LogP contribution in [0.3, 0.4) is 0 Å². The van der Waals surface area contributed by atoms with Crippen molar-refractivity contribution >= 4 is 45.1 Å². The highest BCUT2D eigenvalue weighted by atomic mass is 33.1. The van der Waals surface area contributed by atoms with E-state index in [2.05, 4.69) is 0 Å². The zero-order valence-electron chi connectivity index (χ0n) is 21.9. The SMILES string of the molecule is Cc1cc(F)c(OCCCCCSC(F)(F)F)cc1SSc1cc(OCCCCCSC(F)(F)F)c(F)cc1C. The third-order valence-corrected chi connectivity index (χ3v) is 9.59. The molecular weight excluding hydrogens is 625 g/mol. The Morgan fingerprint density at radius 1 is 0.575 bits per heavy atom. The molecule has 0 atom stereocenters. The first kappa shape index (κ1) is 35.1. The molecule has 0 saturated carbocycles. The minimum atomic E-state index is -4.24. The van der Waals surface area contributed by atoms with Crippen LogP contribution < -0.4 is 9.47 Å². The number of hydrogen-bond acceptors (Lipinski definition) is 6. The third kappa shape index (κ3) is 14.2. The van der Waals surface area contributed by atoms with Crippen LogP contribution >= 0.6 is 45.1 Å². The van der Waals surface area contributed by atoms with E-state index in [0.717, 1.165) is 9.79 Å². The second-order valence-electron chi connectivity index (χ2n) is 8.67. The number of benzene rings is 2. The Morgan fingerprint density at radius 2 is 0.950 bits per heavy atom. The standard InChI is InChI=1S/C26H30F8O2S4/c1-17-13-19(27)21(35-9-5-3-7-11-37-25(29,30)31)15-23(17)39-40-24-16-22(20(28)14-18(24)2)36-10-6-4-8-12-38-26(32,33)34/h13-16H,3-12H2,1-2H3. The first-order valence-electron chi connectivity index (χ1n) is 12.4. The molecule has 40 heavy (non-hydrogen) atoms. The fraction of sp³-hybridized carbons (Fsp3) is 0.538. The normalized spacial score (nSPS) is 12.2. The van der Waals surface area contributed by atoms with Crippen LogP contribution in [0, 0.1) is 25.5 Å². The summed E-state index contributed by atoms with van der Waals surface area (Å²) < 4.78 is 113. The van der Waals surface area contributed by atoms with Gasteiger partial charge in [-0.3, -0.25) is 0 Å². The molecule has 0 bridgehead atoms. The van der Waals surface area contributed by atoms with Crippen molar-refractivity contribution in [1.29, 1.82) is 0 Å². The minimum Gasteiger partial charge on any atom is -0.490 e. The molecule has 0 heterocycles. The van der Waals surface area contributed by atoms with Gasteiger partial charge in [-0.05, 0) is 87.8 Å². The number of rotatable bonds is 17. The van der Waals surface area contributed by atoms with Crippen LogP contribution in [0.5, 0.6) is 11.5 Å². The predicted octanol–water partition coefficient (Wildman–Crippen LogP) is 11.0. The number of hydrogen-bond donors (Lipinski definition) is 0. The van der Waals surface area contributed by atoms with Crippen LogP contribution in [0.4, 0.5) is 35.1 Å². The molecule has 0 radical (unpaired) electrons. The molecule has 226 valence electrons. The number of alkyl halides is 6. The topological polar surface area (TPSA) is 18.5 Å². The molecule has 0 saturated heterocycles. The quantitative estimate of drug-likeness (QED) is 0.0953. The van der Waals surface area contributed by atoms with Crippen molar-refractivity contribution in [3.8, 4) is 11.5 Å². The highest BCUT2D eigenvalue weighted by Crippen LogP contribution is 2.43. The summed E-state index contributed by atoms with van der Waals surface area (Å²) >= 11 is -0.117. The molecule has 0 amide bonds. The molecule has 0 aromatic heterocycles. The van der Waals surface area contributed by atoms with Gasteiger partial charge >= 0.3 is 11.0 Å². The van der Waals surface area contributed by atoms with Gasteiger partial charge in [-0.25, -0.2) is 8.78 Å². The molecule has 0 unspecified atom stereocenters. The zero-order valence-corrected chi connectivity index (χ0v) is 25.1. The fourth-order valence-corrected chi connectivity index (χ4v) is 6.91. The molecule has 0 fully saturated rings. The molecule has 2 nitrogen and oxygen atoms in total. The average Bonchev–Trinajstić information content (AvgIpc) is 2.83. The van der Waals surface area contributed by atoms with E-state index in [0.29, 0.717) is 49.7 Å². The summed E-state index contributed by atoms with van der Waals surface area (Å²) in [5.41, 5.74) is -7.13. The van der Waals surface area contributed by atoms with Gasteiger partial charge in [0.1, 0.15) is 0 Å². The largest absolute Gasteiger partial charge is 0.490 e. The molecule has 0 spiro atoms. The molecule has 0 aliphatic rings. The highest BCUT2D eigenvalue weighted by Gasteiger charge is 2.27. The van der Waals surface area contributed by atoms with E-state index in [9.17, 15) is 35.1 Å². The van der Waals surface area contributed by atoms with Crippen molar-refractivity contribution in [3.63, 3.8) is 0 Å². The Hall–Kier alpha value is -1.12. The summed E-state index contributed by atoms with van der Waals surface area (Å²) in [5, 5.41) is 0. The van der Waals surface area contributed by atoms with E-state index in [-0.39, 0.29) is 59.7 Å². The smallest absolute Gasteiger partial charge is 0.441 e. The van der Waals surface area contributed by atoms with E-state index in [1.54, 1.807) is 26.0 Å². The van der Waals surface area contributed by atoms with Crippen LogP contribution in [-0.2, 0) is 0 Å². The number of thioether (sulfide) groups is 2. The molecule has 2 rings (SSSR count). The third-order valence-electron chi connectivity index (χ3n) is 5.30. The molecule has 0 aliphatic heterocycles. The van der Waals surface area contributed by atoms with Crippen molar-refractivity contribution < 1.29 is 44.6 Å². The first-order chi connectivity index (χ1) is 18.7. The van der Waals surface area contributed by atoms with Gasteiger partial charge in [-0.1, -0.05) is 45.1 Å². The highest BCUT2D eigenvalue weighted by molar-refractivity contribution is 8.76. The van der Waals surface area contributed by atoms with Gasteiger partial charge in [0.05, 0.1) is 13.2 Å². The maximum Gasteiger partial charge on any atom is 0.441 e. The van der Waals surface area contributed by atoms with Gasteiger partial charge in [-0.15, -0.1) is 0 Å². The van der Waals surface area contributed by atoms with E-state index in [1.165, 1.54) is 33.7 Å². The lowest BCUT2D eigenvalue weighted by Crippen LogP contribution is -2.03. The summed E-state index contributed by atoms with van der Waals surface area (Å²) in [6, 6.07) is 5.82. The molecular formula is C26H30F8O2S4. The summed E-state index contributed by atoms with van der Waals surface area (Å²) in [4.78, 5) is 1.46. The van der Waals surface area contributed by atoms with Crippen molar-refractivity contribution in [2.75, 3.05) is 24.7 Å². The van der Waals surface area contributed by atoms with Gasteiger partial charge in [-0.2, -0.15) is 26.3 Å². The van der Waals surface area contributed by atoms with Crippen molar-refractivity contribution in [2.24, 2.45) is 0 Å². The zero-order chi connectivity index (χ0) is 29.8. The van der Waals surface area contributed by atoms with Crippen LogP contribution in [0.15, 0.2) is 34.1 Å². The van der Waals surface area contributed by atoms with E-state index < -0.39 is 22.7 Å². The molecule has 0 N–H and O–H groups in total. The molecule has 2 aromatic carbocycles. The Kier molecular flexibility index (Phi) is 15.0. The van der Waals surface area contributed by atoms with Gasteiger partial charge < -0.3 is 9.47 Å². The van der Waals surface area contributed by atoms with Crippen molar-refractivity contribution in [1.82, 2.24) is 0 Å². The van der Waals surface area contributed by atoms with E-state index in [1.807, 2.05) is 0 Å². The molecule has 0 aliphatic carbocycles. The van der Waals surface area contributed by atoms with Crippen LogP contribution in [0.25, 0.3) is 0 Å². The number of aryl methyl sites for hydroxylation is 2. The fourth-order valence-electron chi connectivity index (χ4n) is 3.26. The Balaban J connectivity index is 1.86. The van der Waals surface area contributed by atoms with E-state index in [4.69, 9.17) is 9.47 Å².